The topological polar surface area (TPSA) is 48.0 Å². The van der Waals surface area contributed by atoms with Crippen LogP contribution in [0.15, 0.2) is 12.3 Å². The van der Waals surface area contributed by atoms with Gasteiger partial charge in [0.2, 0.25) is 0 Å². The second kappa shape index (κ2) is 5.06. The van der Waals surface area contributed by atoms with Gasteiger partial charge in [-0.15, -0.1) is 0 Å². The van der Waals surface area contributed by atoms with E-state index in [1.54, 1.807) is 26.5 Å². The van der Waals surface area contributed by atoms with Crippen molar-refractivity contribution in [1.29, 1.82) is 0 Å². The minimum Gasteiger partial charge on any atom is -0.443 e. The summed E-state index contributed by atoms with van der Waals surface area (Å²) in [6.07, 6.45) is 3.59. The molecular weight excluding hydrogens is 222 g/mol. The summed E-state index contributed by atoms with van der Waals surface area (Å²) in [7, 11) is 3.16. The number of ether oxygens (including phenoxy) is 3. The highest BCUT2D eigenvalue weighted by Gasteiger charge is 2.33. The fraction of sp³-hybridized carbons (Fsp3) is 0.750. The van der Waals surface area contributed by atoms with E-state index in [9.17, 15) is 4.79 Å². The van der Waals surface area contributed by atoms with Crippen LogP contribution in [0.25, 0.3) is 0 Å². The first-order valence-electron chi connectivity index (χ1n) is 5.61. The van der Waals surface area contributed by atoms with Crippen molar-refractivity contribution in [3.05, 3.63) is 12.3 Å². The van der Waals surface area contributed by atoms with E-state index < -0.39 is 11.4 Å². The minimum absolute atomic E-state index is 0.352. The lowest BCUT2D eigenvalue weighted by atomic mass is 10.1. The summed E-state index contributed by atoms with van der Waals surface area (Å²) in [5.41, 5.74) is -0.484. The van der Waals surface area contributed by atoms with Crippen LogP contribution in [-0.2, 0) is 14.2 Å². The summed E-state index contributed by atoms with van der Waals surface area (Å²) in [6, 6.07) is 0. The third-order valence-corrected chi connectivity index (χ3v) is 2.53. The van der Waals surface area contributed by atoms with Crippen LogP contribution in [0, 0.1) is 0 Å². The van der Waals surface area contributed by atoms with Gasteiger partial charge in [0.15, 0.2) is 5.79 Å². The SMILES string of the molecule is COC1(OC)C=CN(C(=O)OC(C)(C)C)CC1. The van der Waals surface area contributed by atoms with Gasteiger partial charge in [-0.3, -0.25) is 4.90 Å². The largest absolute Gasteiger partial charge is 0.443 e. The first-order chi connectivity index (χ1) is 7.82. The fourth-order valence-corrected chi connectivity index (χ4v) is 1.53. The van der Waals surface area contributed by atoms with Crippen molar-refractivity contribution in [2.45, 2.75) is 38.6 Å². The standard InChI is InChI=1S/C12H21NO4/c1-11(2,3)17-10(14)13-8-6-12(15-4,16-5)7-9-13/h6,8H,7,9H2,1-5H3. The molecule has 1 heterocycles. The average molecular weight is 243 g/mol. The molecule has 0 radical (unpaired) electrons. The normalized spacial score (nSPS) is 19.2. The van der Waals surface area contributed by atoms with Gasteiger partial charge in [0, 0.05) is 33.4 Å². The Bertz CT molecular complexity index is 302. The van der Waals surface area contributed by atoms with Crippen molar-refractivity contribution < 1.29 is 19.0 Å². The van der Waals surface area contributed by atoms with E-state index in [1.807, 2.05) is 20.8 Å². The molecule has 0 aromatic heterocycles. The van der Waals surface area contributed by atoms with E-state index in [0.717, 1.165) is 0 Å². The van der Waals surface area contributed by atoms with Crippen LogP contribution in [0.4, 0.5) is 4.79 Å². The number of hydrogen-bond donors (Lipinski definition) is 0. The van der Waals surface area contributed by atoms with E-state index >= 15 is 0 Å². The van der Waals surface area contributed by atoms with Crippen LogP contribution in [-0.4, -0.2) is 43.1 Å². The van der Waals surface area contributed by atoms with Crippen LogP contribution in [0.5, 0.6) is 0 Å². The third kappa shape index (κ3) is 3.71. The van der Waals surface area contributed by atoms with Crippen molar-refractivity contribution in [1.82, 2.24) is 4.90 Å². The second-order valence-corrected chi connectivity index (χ2v) is 4.96. The molecule has 0 saturated heterocycles. The van der Waals surface area contributed by atoms with Gasteiger partial charge < -0.3 is 14.2 Å². The number of rotatable bonds is 2. The van der Waals surface area contributed by atoms with Crippen molar-refractivity contribution in [2.75, 3.05) is 20.8 Å². The molecule has 1 aliphatic heterocycles. The van der Waals surface area contributed by atoms with Crippen molar-refractivity contribution in [3.63, 3.8) is 0 Å². The molecule has 0 aromatic carbocycles. The van der Waals surface area contributed by atoms with Crippen LogP contribution in [0.1, 0.15) is 27.2 Å². The molecular formula is C12H21NO4. The van der Waals surface area contributed by atoms with Crippen molar-refractivity contribution in [2.24, 2.45) is 0 Å². The summed E-state index contributed by atoms with van der Waals surface area (Å²) in [5, 5.41) is 0. The molecule has 1 rings (SSSR count). The van der Waals surface area contributed by atoms with Gasteiger partial charge in [0.1, 0.15) is 5.60 Å². The maximum absolute atomic E-state index is 11.8. The number of hydrogen-bond acceptors (Lipinski definition) is 4. The Labute approximate surface area is 102 Å². The zero-order valence-corrected chi connectivity index (χ0v) is 11.1. The Morgan fingerprint density at radius 2 is 1.88 bits per heavy atom. The van der Waals surface area contributed by atoms with Crippen LogP contribution >= 0.6 is 0 Å². The summed E-state index contributed by atoms with van der Waals surface area (Å²) in [6.45, 7) is 6.03. The highest BCUT2D eigenvalue weighted by atomic mass is 16.7. The molecule has 1 aliphatic rings. The average Bonchev–Trinajstić information content (AvgIpc) is 2.27. The zero-order chi connectivity index (χ0) is 13.1. The van der Waals surface area contributed by atoms with Gasteiger partial charge in [-0.25, -0.2) is 4.79 Å². The lowest BCUT2D eigenvalue weighted by molar-refractivity contribution is -0.179. The van der Waals surface area contributed by atoms with E-state index in [0.29, 0.717) is 13.0 Å². The quantitative estimate of drug-likeness (QED) is 0.697. The van der Waals surface area contributed by atoms with Gasteiger partial charge in [-0.1, -0.05) is 0 Å². The van der Waals surface area contributed by atoms with Gasteiger partial charge in [-0.2, -0.15) is 0 Å². The van der Waals surface area contributed by atoms with E-state index in [2.05, 4.69) is 0 Å². The Kier molecular flexibility index (Phi) is 4.16. The maximum atomic E-state index is 11.8. The smallest absolute Gasteiger partial charge is 0.414 e. The minimum atomic E-state index is -0.724. The third-order valence-electron chi connectivity index (χ3n) is 2.53. The highest BCUT2D eigenvalue weighted by molar-refractivity contribution is 5.69. The van der Waals surface area contributed by atoms with Crippen LogP contribution in [0.2, 0.25) is 0 Å². The zero-order valence-electron chi connectivity index (χ0n) is 11.1. The van der Waals surface area contributed by atoms with Gasteiger partial charge in [0.05, 0.1) is 0 Å². The molecule has 0 aromatic rings. The number of carbonyl (C=O) groups excluding carboxylic acids is 1. The van der Waals surface area contributed by atoms with E-state index in [4.69, 9.17) is 14.2 Å². The molecule has 0 unspecified atom stereocenters. The molecule has 0 fully saturated rings. The Morgan fingerprint density at radius 1 is 1.29 bits per heavy atom. The molecule has 5 heteroatoms. The Hall–Kier alpha value is -1.07. The molecule has 0 N–H and O–H groups in total. The first-order valence-corrected chi connectivity index (χ1v) is 5.61. The number of carbonyl (C=O) groups is 1. The van der Waals surface area contributed by atoms with E-state index in [-0.39, 0.29) is 6.09 Å². The van der Waals surface area contributed by atoms with Crippen molar-refractivity contribution >= 4 is 6.09 Å². The monoisotopic (exact) mass is 243 g/mol. The van der Waals surface area contributed by atoms with Crippen LogP contribution in [0.3, 0.4) is 0 Å². The Balaban J connectivity index is 2.64. The summed E-state index contributed by atoms with van der Waals surface area (Å²) in [5.74, 6) is -0.724. The Morgan fingerprint density at radius 3 is 2.24 bits per heavy atom. The lowest BCUT2D eigenvalue weighted by Gasteiger charge is -2.34. The van der Waals surface area contributed by atoms with Crippen molar-refractivity contribution in [3.8, 4) is 0 Å². The first kappa shape index (κ1) is 14.0. The maximum Gasteiger partial charge on any atom is 0.414 e. The molecule has 0 saturated carbocycles. The molecule has 17 heavy (non-hydrogen) atoms. The van der Waals surface area contributed by atoms with Gasteiger partial charge >= 0.3 is 6.09 Å². The number of methoxy groups -OCH3 is 2. The summed E-state index contributed by atoms with van der Waals surface area (Å²) >= 11 is 0. The highest BCUT2D eigenvalue weighted by Crippen LogP contribution is 2.24. The molecule has 0 spiro atoms. The lowest BCUT2D eigenvalue weighted by Crippen LogP contribution is -2.43. The molecule has 98 valence electrons. The summed E-state index contributed by atoms with van der Waals surface area (Å²) < 4.78 is 15.8. The number of nitrogens with zero attached hydrogens (tertiary/aromatic N) is 1. The summed E-state index contributed by atoms with van der Waals surface area (Å²) in [4.78, 5) is 13.3. The molecule has 5 nitrogen and oxygen atoms in total. The van der Waals surface area contributed by atoms with Gasteiger partial charge in [0.25, 0.3) is 0 Å². The molecule has 0 bridgehead atoms. The molecule has 0 atom stereocenters. The van der Waals surface area contributed by atoms with Gasteiger partial charge in [-0.05, 0) is 26.8 Å². The number of amides is 1. The van der Waals surface area contributed by atoms with E-state index in [1.165, 1.54) is 4.90 Å². The molecule has 1 amide bonds. The van der Waals surface area contributed by atoms with Crippen LogP contribution < -0.4 is 0 Å². The fourth-order valence-electron chi connectivity index (χ4n) is 1.53. The predicted octanol–water partition coefficient (Wildman–Crippen LogP) is 2.13. The predicted molar refractivity (Wildman–Crippen MR) is 63.4 cm³/mol. The molecule has 0 aliphatic carbocycles. The second-order valence-electron chi connectivity index (χ2n) is 4.96.